The summed E-state index contributed by atoms with van der Waals surface area (Å²) >= 11 is 0. The zero-order valence-corrected chi connectivity index (χ0v) is 15.8. The minimum Gasteiger partial charge on any atom is -0.393 e. The molecule has 164 valence electrons. The molecule has 0 radical (unpaired) electrons. The predicted molar refractivity (Wildman–Crippen MR) is 104 cm³/mol. The van der Waals surface area contributed by atoms with Crippen LogP contribution in [0.15, 0.2) is 36.4 Å². The summed E-state index contributed by atoms with van der Waals surface area (Å²) in [4.78, 5) is 36.3. The highest BCUT2D eigenvalue weighted by Gasteiger charge is 2.34. The average molecular weight is 439 g/mol. The molecule has 10 nitrogen and oxygen atoms in total. The van der Waals surface area contributed by atoms with Crippen LogP contribution in [0.4, 0.5) is 35.9 Å². The first-order chi connectivity index (χ1) is 14.5. The van der Waals surface area contributed by atoms with Gasteiger partial charge in [-0.15, -0.1) is 0 Å². The van der Waals surface area contributed by atoms with Crippen molar-refractivity contribution >= 4 is 28.7 Å². The van der Waals surface area contributed by atoms with Gasteiger partial charge >= 0.3 is 6.18 Å². The quantitative estimate of drug-likeness (QED) is 0.439. The Labute approximate surface area is 172 Å². The summed E-state index contributed by atoms with van der Waals surface area (Å²) in [7, 11) is 0. The Morgan fingerprint density at radius 1 is 0.935 bits per heavy atom. The summed E-state index contributed by atoms with van der Waals surface area (Å²) in [6, 6.07) is 5.99. The number of carbonyl (C=O) groups is 1. The molecule has 1 aliphatic heterocycles. The second-order valence-corrected chi connectivity index (χ2v) is 6.77. The van der Waals surface area contributed by atoms with Crippen LogP contribution in [0.2, 0.25) is 0 Å². The second kappa shape index (κ2) is 8.08. The first-order valence-electron chi connectivity index (χ1n) is 8.93. The van der Waals surface area contributed by atoms with E-state index in [1.54, 1.807) is 0 Å². The highest BCUT2D eigenvalue weighted by molar-refractivity contribution is 5.95. The maximum atomic E-state index is 12.9. The van der Waals surface area contributed by atoms with Gasteiger partial charge in [0, 0.05) is 43.9 Å². The van der Waals surface area contributed by atoms with Crippen molar-refractivity contribution in [2.45, 2.75) is 6.18 Å². The summed E-state index contributed by atoms with van der Waals surface area (Å²) in [6.45, 7) is 0.508. The summed E-state index contributed by atoms with van der Waals surface area (Å²) in [5.41, 5.74) is 3.33. The van der Waals surface area contributed by atoms with Crippen molar-refractivity contribution in [2.24, 2.45) is 0 Å². The van der Waals surface area contributed by atoms with E-state index in [9.17, 15) is 38.2 Å². The van der Waals surface area contributed by atoms with Gasteiger partial charge in [0.15, 0.2) is 0 Å². The summed E-state index contributed by atoms with van der Waals surface area (Å²) in [5.74, 6) is -0.482. The van der Waals surface area contributed by atoms with E-state index in [-0.39, 0.29) is 43.1 Å². The maximum Gasteiger partial charge on any atom is 0.416 e. The smallest absolute Gasteiger partial charge is 0.393 e. The number of nitro groups is 2. The fraction of sp³-hybridized carbons (Fsp3) is 0.278. The number of hydrogen-bond acceptors (Lipinski definition) is 7. The number of amides is 1. The van der Waals surface area contributed by atoms with Gasteiger partial charge in [-0.1, -0.05) is 0 Å². The fourth-order valence-electron chi connectivity index (χ4n) is 3.28. The Balaban J connectivity index is 1.77. The Bertz CT molecular complexity index is 1050. The van der Waals surface area contributed by atoms with E-state index < -0.39 is 38.9 Å². The standard InChI is InChI=1S/C18H16F3N5O5/c19-18(20,21)12-2-4-14(16(10-12)26(30)31)23-5-7-24(8-6-23)17(27)11-1-3-13(22)15(9-11)25(28)29/h1-4,9-10H,5-8,22H2. The fourth-order valence-corrected chi connectivity index (χ4v) is 3.28. The van der Waals surface area contributed by atoms with Crippen LogP contribution in [0.1, 0.15) is 15.9 Å². The van der Waals surface area contributed by atoms with Gasteiger partial charge in [0.1, 0.15) is 11.4 Å². The summed E-state index contributed by atoms with van der Waals surface area (Å²) in [6.07, 6.45) is -4.71. The van der Waals surface area contributed by atoms with Gasteiger partial charge in [-0.25, -0.2) is 0 Å². The van der Waals surface area contributed by atoms with Crippen molar-refractivity contribution in [3.63, 3.8) is 0 Å². The molecule has 1 amide bonds. The van der Waals surface area contributed by atoms with Crippen LogP contribution in [0, 0.1) is 20.2 Å². The second-order valence-electron chi connectivity index (χ2n) is 6.77. The number of nitrogens with zero attached hydrogens (tertiary/aromatic N) is 4. The number of piperazine rings is 1. The van der Waals surface area contributed by atoms with Crippen LogP contribution in [0.25, 0.3) is 0 Å². The minimum atomic E-state index is -4.71. The number of rotatable bonds is 4. The molecule has 13 heteroatoms. The van der Waals surface area contributed by atoms with Gasteiger partial charge in [-0.3, -0.25) is 25.0 Å². The molecule has 0 aliphatic carbocycles. The molecule has 0 atom stereocenters. The molecule has 0 unspecified atom stereocenters. The van der Waals surface area contributed by atoms with Crippen LogP contribution in [0.5, 0.6) is 0 Å². The number of nitrogen functional groups attached to an aromatic ring is 1. The number of nitro benzene ring substituents is 2. The number of nitrogens with two attached hydrogens (primary N) is 1. The Kier molecular flexibility index (Phi) is 5.69. The monoisotopic (exact) mass is 439 g/mol. The predicted octanol–water partition coefficient (Wildman–Crippen LogP) is 3.07. The molecule has 2 N–H and O–H groups in total. The van der Waals surface area contributed by atoms with Crippen LogP contribution < -0.4 is 10.6 Å². The molecule has 2 aromatic carbocycles. The first kappa shape index (κ1) is 21.8. The molecule has 1 saturated heterocycles. The van der Waals surface area contributed by atoms with Crippen molar-refractivity contribution in [1.82, 2.24) is 4.90 Å². The van der Waals surface area contributed by atoms with Crippen LogP contribution in [-0.2, 0) is 6.18 Å². The Morgan fingerprint density at radius 2 is 1.55 bits per heavy atom. The summed E-state index contributed by atoms with van der Waals surface area (Å²) in [5, 5.41) is 22.3. The number of halogens is 3. The first-order valence-corrected chi connectivity index (χ1v) is 8.93. The van der Waals surface area contributed by atoms with Crippen LogP contribution in [-0.4, -0.2) is 46.8 Å². The van der Waals surface area contributed by atoms with Gasteiger partial charge < -0.3 is 15.5 Å². The van der Waals surface area contributed by atoms with E-state index >= 15 is 0 Å². The van der Waals surface area contributed by atoms with E-state index in [0.717, 1.165) is 18.2 Å². The van der Waals surface area contributed by atoms with Crippen molar-refractivity contribution < 1.29 is 27.8 Å². The molecule has 0 aromatic heterocycles. The van der Waals surface area contributed by atoms with E-state index in [0.29, 0.717) is 6.07 Å². The lowest BCUT2D eigenvalue weighted by Crippen LogP contribution is -2.49. The molecule has 1 aliphatic rings. The van der Waals surface area contributed by atoms with Gasteiger partial charge in [0.05, 0.1) is 15.4 Å². The van der Waals surface area contributed by atoms with Gasteiger partial charge in [0.2, 0.25) is 0 Å². The number of benzene rings is 2. The molecule has 0 spiro atoms. The van der Waals surface area contributed by atoms with Crippen LogP contribution in [0.3, 0.4) is 0 Å². The van der Waals surface area contributed by atoms with E-state index in [1.165, 1.54) is 21.9 Å². The molecule has 2 aromatic rings. The van der Waals surface area contributed by atoms with Crippen LogP contribution >= 0.6 is 0 Å². The molecule has 0 saturated carbocycles. The molecular formula is C18H16F3N5O5. The third kappa shape index (κ3) is 4.49. The molecule has 31 heavy (non-hydrogen) atoms. The highest BCUT2D eigenvalue weighted by atomic mass is 19.4. The molecular weight excluding hydrogens is 423 g/mol. The van der Waals surface area contributed by atoms with Gasteiger partial charge in [-0.05, 0) is 24.3 Å². The number of hydrogen-bond donors (Lipinski definition) is 1. The molecule has 1 heterocycles. The Hall–Kier alpha value is -3.90. The van der Waals surface area contributed by atoms with Crippen molar-refractivity contribution in [3.8, 4) is 0 Å². The molecule has 3 rings (SSSR count). The van der Waals surface area contributed by atoms with E-state index in [1.807, 2.05) is 0 Å². The largest absolute Gasteiger partial charge is 0.416 e. The molecule has 1 fully saturated rings. The average Bonchev–Trinajstić information content (AvgIpc) is 2.72. The van der Waals surface area contributed by atoms with Crippen molar-refractivity contribution in [2.75, 3.05) is 36.8 Å². The van der Waals surface area contributed by atoms with E-state index in [2.05, 4.69) is 0 Å². The third-order valence-corrected chi connectivity index (χ3v) is 4.88. The Morgan fingerprint density at radius 3 is 2.10 bits per heavy atom. The SMILES string of the molecule is Nc1ccc(C(=O)N2CCN(c3ccc(C(F)(F)F)cc3[N+](=O)[O-])CC2)cc1[N+](=O)[O-]. The van der Waals surface area contributed by atoms with Gasteiger partial charge in [0.25, 0.3) is 17.3 Å². The molecule has 0 bridgehead atoms. The lowest BCUT2D eigenvalue weighted by atomic mass is 10.1. The number of carbonyl (C=O) groups excluding carboxylic acids is 1. The maximum absolute atomic E-state index is 12.9. The number of alkyl halides is 3. The highest BCUT2D eigenvalue weighted by Crippen LogP contribution is 2.37. The zero-order valence-electron chi connectivity index (χ0n) is 15.8. The topological polar surface area (TPSA) is 136 Å². The third-order valence-electron chi connectivity index (χ3n) is 4.88. The van der Waals surface area contributed by atoms with Gasteiger partial charge in [-0.2, -0.15) is 13.2 Å². The lowest BCUT2D eigenvalue weighted by molar-refractivity contribution is -0.384. The number of anilines is 2. The van der Waals surface area contributed by atoms with Crippen molar-refractivity contribution in [3.05, 3.63) is 67.8 Å². The zero-order chi connectivity index (χ0) is 22.9. The minimum absolute atomic E-state index is 0.0215. The summed E-state index contributed by atoms with van der Waals surface area (Å²) < 4.78 is 38.6. The van der Waals surface area contributed by atoms with E-state index in [4.69, 9.17) is 5.73 Å². The lowest BCUT2D eigenvalue weighted by Gasteiger charge is -2.36. The van der Waals surface area contributed by atoms with Crippen molar-refractivity contribution in [1.29, 1.82) is 0 Å². The normalized spacial score (nSPS) is 14.4.